The summed E-state index contributed by atoms with van der Waals surface area (Å²) in [6, 6.07) is 12.2. The monoisotopic (exact) mass is 449 g/mol. The van der Waals surface area contributed by atoms with Crippen molar-refractivity contribution in [3.8, 4) is 11.1 Å². The van der Waals surface area contributed by atoms with Crippen molar-refractivity contribution in [1.29, 1.82) is 0 Å². The zero-order valence-corrected chi connectivity index (χ0v) is 19.1. The van der Waals surface area contributed by atoms with Crippen LogP contribution in [0.15, 0.2) is 55.1 Å². The fourth-order valence-electron chi connectivity index (χ4n) is 4.81. The zero-order valence-electron chi connectivity index (χ0n) is 19.1. The van der Waals surface area contributed by atoms with Crippen molar-refractivity contribution in [2.45, 2.75) is 32.6 Å². The van der Waals surface area contributed by atoms with E-state index < -0.39 is 0 Å². The molecule has 3 aromatic heterocycles. The molecule has 5 aromatic rings. The summed E-state index contributed by atoms with van der Waals surface area (Å²) >= 11 is 0. The molecule has 0 saturated carbocycles. The van der Waals surface area contributed by atoms with E-state index in [1.807, 2.05) is 24.4 Å². The van der Waals surface area contributed by atoms with Crippen LogP contribution in [0.4, 0.5) is 17.2 Å². The van der Waals surface area contributed by atoms with Crippen LogP contribution >= 0.6 is 0 Å². The Hall–Kier alpha value is -4.33. The molecule has 1 aliphatic heterocycles. The Kier molecular flexibility index (Phi) is 4.38. The van der Waals surface area contributed by atoms with Crippen LogP contribution < -0.4 is 10.6 Å². The first-order valence-electron chi connectivity index (χ1n) is 11.1. The van der Waals surface area contributed by atoms with Gasteiger partial charge in [-0.05, 0) is 42.3 Å². The van der Waals surface area contributed by atoms with E-state index in [4.69, 9.17) is 0 Å². The minimum atomic E-state index is -0.200. The van der Waals surface area contributed by atoms with Gasteiger partial charge in [0.05, 0.1) is 11.7 Å². The van der Waals surface area contributed by atoms with Crippen molar-refractivity contribution < 1.29 is 4.79 Å². The second-order valence-electron chi connectivity index (χ2n) is 9.40. The number of aryl methyl sites for hydroxylation is 1. The van der Waals surface area contributed by atoms with Gasteiger partial charge in [-0.3, -0.25) is 9.89 Å². The molecule has 0 fully saturated rings. The molecule has 6 rings (SSSR count). The summed E-state index contributed by atoms with van der Waals surface area (Å²) < 4.78 is 0. The number of hydrogen-bond donors (Lipinski definition) is 3. The molecular formula is C26H23N7O. The van der Waals surface area contributed by atoms with Crippen molar-refractivity contribution >= 4 is 45.0 Å². The largest absolute Gasteiger partial charge is 0.340 e. The molecule has 1 amide bonds. The summed E-state index contributed by atoms with van der Waals surface area (Å²) in [5, 5.41) is 15.2. The van der Waals surface area contributed by atoms with Gasteiger partial charge in [-0.2, -0.15) is 5.10 Å². The van der Waals surface area contributed by atoms with Gasteiger partial charge in [-0.1, -0.05) is 26.0 Å². The molecule has 3 N–H and O–H groups in total. The van der Waals surface area contributed by atoms with Gasteiger partial charge in [0.1, 0.15) is 12.1 Å². The summed E-state index contributed by atoms with van der Waals surface area (Å²) in [6.45, 7) is 6.25. The first-order valence-corrected chi connectivity index (χ1v) is 11.1. The third kappa shape index (κ3) is 3.26. The molecule has 0 atom stereocenters. The number of aromatic amines is 1. The predicted molar refractivity (Wildman–Crippen MR) is 133 cm³/mol. The van der Waals surface area contributed by atoms with Gasteiger partial charge in [-0.25, -0.2) is 15.0 Å². The van der Waals surface area contributed by atoms with Crippen molar-refractivity contribution in [2.24, 2.45) is 0 Å². The zero-order chi connectivity index (χ0) is 23.4. The van der Waals surface area contributed by atoms with Gasteiger partial charge in [0.15, 0.2) is 5.65 Å². The first-order chi connectivity index (χ1) is 16.4. The Labute approximate surface area is 195 Å². The molecule has 168 valence electrons. The van der Waals surface area contributed by atoms with Gasteiger partial charge in [0.25, 0.3) is 0 Å². The van der Waals surface area contributed by atoms with Gasteiger partial charge in [0, 0.05) is 51.3 Å². The maximum atomic E-state index is 12.2. The maximum absolute atomic E-state index is 12.2. The molecule has 34 heavy (non-hydrogen) atoms. The number of carbonyl (C=O) groups is 1. The third-order valence-electron chi connectivity index (χ3n) is 6.48. The molecule has 0 saturated heterocycles. The maximum Gasteiger partial charge on any atom is 0.225 e. The number of aromatic nitrogens is 5. The van der Waals surface area contributed by atoms with Crippen LogP contribution in [0.5, 0.6) is 0 Å². The highest BCUT2D eigenvalue weighted by molar-refractivity contribution is 6.02. The van der Waals surface area contributed by atoms with Crippen molar-refractivity contribution in [3.63, 3.8) is 0 Å². The van der Waals surface area contributed by atoms with E-state index in [9.17, 15) is 4.79 Å². The molecular weight excluding hydrogens is 426 g/mol. The second kappa shape index (κ2) is 7.34. The number of pyridine rings is 1. The summed E-state index contributed by atoms with van der Waals surface area (Å²) in [4.78, 5) is 25.8. The number of amides is 1. The van der Waals surface area contributed by atoms with E-state index in [0.717, 1.165) is 55.6 Å². The van der Waals surface area contributed by atoms with E-state index >= 15 is 0 Å². The molecule has 8 nitrogen and oxygen atoms in total. The van der Waals surface area contributed by atoms with Crippen LogP contribution in [0.2, 0.25) is 0 Å². The Balaban J connectivity index is 1.44. The van der Waals surface area contributed by atoms with Crippen LogP contribution in [-0.2, 0) is 10.2 Å². The number of anilines is 3. The quantitative estimate of drug-likeness (QED) is 0.348. The second-order valence-corrected chi connectivity index (χ2v) is 9.40. The Morgan fingerprint density at radius 1 is 1.03 bits per heavy atom. The van der Waals surface area contributed by atoms with Crippen LogP contribution in [0.25, 0.3) is 33.1 Å². The Morgan fingerprint density at radius 2 is 1.91 bits per heavy atom. The fraction of sp³-hybridized carbons (Fsp3) is 0.192. The first kappa shape index (κ1) is 20.3. The van der Waals surface area contributed by atoms with Crippen LogP contribution in [-0.4, -0.2) is 31.1 Å². The minimum absolute atomic E-state index is 0.0328. The lowest BCUT2D eigenvalue weighted by Crippen LogP contribution is -2.32. The van der Waals surface area contributed by atoms with Gasteiger partial charge >= 0.3 is 0 Å². The highest BCUT2D eigenvalue weighted by Gasteiger charge is 2.31. The van der Waals surface area contributed by atoms with E-state index in [-0.39, 0.29) is 11.3 Å². The van der Waals surface area contributed by atoms with Crippen LogP contribution in [0, 0.1) is 6.92 Å². The van der Waals surface area contributed by atoms with Gasteiger partial charge in [0.2, 0.25) is 5.91 Å². The topological polar surface area (TPSA) is 108 Å². The summed E-state index contributed by atoms with van der Waals surface area (Å²) in [6.07, 6.45) is 5.65. The summed E-state index contributed by atoms with van der Waals surface area (Å²) in [5.74, 6) is 0.732. The normalized spacial score (nSPS) is 14.7. The van der Waals surface area contributed by atoms with Crippen LogP contribution in [0.1, 0.15) is 31.4 Å². The molecule has 2 aromatic carbocycles. The smallest absolute Gasteiger partial charge is 0.225 e. The number of hydrogen-bond acceptors (Lipinski definition) is 6. The van der Waals surface area contributed by atoms with Gasteiger partial charge in [-0.15, -0.1) is 0 Å². The highest BCUT2D eigenvalue weighted by Crippen LogP contribution is 2.39. The van der Waals surface area contributed by atoms with Crippen molar-refractivity contribution in [1.82, 2.24) is 25.1 Å². The molecule has 8 heteroatoms. The third-order valence-corrected chi connectivity index (χ3v) is 6.48. The number of nitrogens with zero attached hydrogens (tertiary/aromatic N) is 4. The van der Waals surface area contributed by atoms with Gasteiger partial charge < -0.3 is 10.6 Å². The number of rotatable bonds is 3. The summed E-state index contributed by atoms with van der Waals surface area (Å²) in [5.41, 5.74) is 7.29. The fourth-order valence-corrected chi connectivity index (χ4v) is 4.81. The molecule has 0 bridgehead atoms. The SMILES string of the molecule is Cc1ccc2c(Nc3ccc4c(c3)NC(=O)CC4(C)C)ncnc2c1-c1cnc2[nH]ncc2c1. The lowest BCUT2D eigenvalue weighted by atomic mass is 9.78. The number of fused-ring (bicyclic) bond motifs is 3. The molecule has 0 radical (unpaired) electrons. The van der Waals surface area contributed by atoms with Crippen LogP contribution in [0.3, 0.4) is 0 Å². The minimum Gasteiger partial charge on any atom is -0.340 e. The van der Waals surface area contributed by atoms with Crippen molar-refractivity contribution in [3.05, 3.63) is 66.2 Å². The van der Waals surface area contributed by atoms with E-state index in [1.54, 1.807) is 12.5 Å². The standard InChI is InChI=1S/C26H23N7O/c1-14-4-6-18-23(22(14)15-8-16-12-30-33-24(16)27-11-15)28-13-29-25(18)31-17-5-7-19-20(9-17)32-21(34)10-26(19,2)3/h4-9,11-13H,10H2,1-3H3,(H,32,34)(H,27,30,33)(H,28,29,31). The van der Waals surface area contributed by atoms with E-state index in [0.29, 0.717) is 12.2 Å². The molecule has 4 heterocycles. The number of H-pyrrole nitrogens is 1. The molecule has 0 spiro atoms. The molecule has 1 aliphatic rings. The molecule has 0 unspecified atom stereocenters. The lowest BCUT2D eigenvalue weighted by molar-refractivity contribution is -0.117. The van der Waals surface area contributed by atoms with E-state index in [2.05, 4.69) is 74.8 Å². The number of carbonyl (C=O) groups excluding carboxylic acids is 1. The Morgan fingerprint density at radius 3 is 2.79 bits per heavy atom. The average molecular weight is 450 g/mol. The Bertz CT molecular complexity index is 1600. The van der Waals surface area contributed by atoms with Crippen molar-refractivity contribution in [2.75, 3.05) is 10.6 Å². The average Bonchev–Trinajstić information content (AvgIpc) is 3.26. The number of benzene rings is 2. The molecule has 0 aliphatic carbocycles. The number of nitrogens with one attached hydrogen (secondary N) is 3. The lowest BCUT2D eigenvalue weighted by Gasteiger charge is -2.32. The predicted octanol–water partition coefficient (Wildman–Crippen LogP) is 5.24. The highest BCUT2D eigenvalue weighted by atomic mass is 16.1. The summed E-state index contributed by atoms with van der Waals surface area (Å²) in [7, 11) is 0. The van der Waals surface area contributed by atoms with E-state index in [1.165, 1.54) is 0 Å².